The summed E-state index contributed by atoms with van der Waals surface area (Å²) in [6, 6.07) is 14.8. The molecule has 0 aliphatic carbocycles. The molecular weight excluding hydrogens is 262 g/mol. The van der Waals surface area contributed by atoms with Gasteiger partial charge < -0.3 is 5.32 Å². The first kappa shape index (κ1) is 13.6. The minimum Gasteiger partial charge on any atom is -0.319 e. The van der Waals surface area contributed by atoms with Crippen molar-refractivity contribution in [2.45, 2.75) is 18.8 Å². The van der Waals surface area contributed by atoms with Crippen LogP contribution in [-0.4, -0.2) is 13.6 Å². The highest BCUT2D eigenvalue weighted by Crippen LogP contribution is 2.26. The number of halogens is 1. The smallest absolute Gasteiger partial charge is 0.0931 e. The molecular formula is C15H18ClNS. The lowest BCUT2D eigenvalue weighted by atomic mass is 9.94. The monoisotopic (exact) mass is 279 g/mol. The molecule has 1 nitrogen and oxygen atoms in total. The molecule has 0 aliphatic heterocycles. The molecule has 1 aromatic heterocycles. The van der Waals surface area contributed by atoms with Gasteiger partial charge in [-0.15, -0.1) is 11.3 Å². The third-order valence-corrected chi connectivity index (χ3v) is 4.38. The van der Waals surface area contributed by atoms with Gasteiger partial charge in [0, 0.05) is 11.4 Å². The predicted octanol–water partition coefficient (Wildman–Crippen LogP) is 4.34. The number of likely N-dealkylation sites (N-methyl/N-ethyl adjacent to an activating group) is 1. The second kappa shape index (κ2) is 6.93. The van der Waals surface area contributed by atoms with Crippen molar-refractivity contribution in [1.82, 2.24) is 5.32 Å². The Labute approximate surface area is 118 Å². The van der Waals surface area contributed by atoms with Crippen molar-refractivity contribution >= 4 is 22.9 Å². The molecule has 1 atom stereocenters. The molecule has 1 unspecified atom stereocenters. The summed E-state index contributed by atoms with van der Waals surface area (Å²) >= 11 is 7.65. The van der Waals surface area contributed by atoms with Gasteiger partial charge in [0.1, 0.15) is 0 Å². The van der Waals surface area contributed by atoms with Crippen molar-refractivity contribution in [1.29, 1.82) is 0 Å². The second-order valence-electron chi connectivity index (χ2n) is 4.41. The van der Waals surface area contributed by atoms with Gasteiger partial charge in [-0.05, 0) is 43.5 Å². The van der Waals surface area contributed by atoms with E-state index in [2.05, 4.69) is 41.7 Å². The van der Waals surface area contributed by atoms with Crippen LogP contribution in [0.2, 0.25) is 4.34 Å². The molecule has 0 bridgehead atoms. The van der Waals surface area contributed by atoms with Gasteiger partial charge in [-0.1, -0.05) is 41.9 Å². The maximum Gasteiger partial charge on any atom is 0.0931 e. The van der Waals surface area contributed by atoms with E-state index >= 15 is 0 Å². The van der Waals surface area contributed by atoms with E-state index in [-0.39, 0.29) is 0 Å². The van der Waals surface area contributed by atoms with Crippen LogP contribution in [0.15, 0.2) is 42.5 Å². The van der Waals surface area contributed by atoms with Crippen molar-refractivity contribution in [3.05, 3.63) is 57.2 Å². The molecule has 2 aromatic rings. The van der Waals surface area contributed by atoms with Crippen LogP contribution in [0.5, 0.6) is 0 Å². The zero-order valence-corrected chi connectivity index (χ0v) is 12.1. The molecule has 0 saturated carbocycles. The maximum absolute atomic E-state index is 5.96. The van der Waals surface area contributed by atoms with Gasteiger partial charge in [0.15, 0.2) is 0 Å². The van der Waals surface area contributed by atoms with Crippen molar-refractivity contribution in [2.24, 2.45) is 0 Å². The molecule has 2 rings (SSSR count). The van der Waals surface area contributed by atoms with E-state index in [1.165, 1.54) is 10.4 Å². The van der Waals surface area contributed by atoms with Crippen LogP contribution >= 0.6 is 22.9 Å². The molecule has 0 amide bonds. The van der Waals surface area contributed by atoms with Crippen molar-refractivity contribution in [3.8, 4) is 0 Å². The van der Waals surface area contributed by atoms with Gasteiger partial charge in [-0.3, -0.25) is 0 Å². The minimum atomic E-state index is 0.567. The summed E-state index contributed by atoms with van der Waals surface area (Å²) in [4.78, 5) is 1.37. The standard InChI is InChI=1S/C15H18ClNS/c1-17-11-13(12-5-3-2-4-6-12)7-8-14-9-10-15(16)18-14/h2-6,9-10,13,17H,7-8,11H2,1H3. The van der Waals surface area contributed by atoms with Crippen molar-refractivity contribution < 1.29 is 0 Å². The minimum absolute atomic E-state index is 0.567. The van der Waals surface area contributed by atoms with E-state index in [4.69, 9.17) is 11.6 Å². The molecule has 18 heavy (non-hydrogen) atoms. The van der Waals surface area contributed by atoms with Crippen molar-refractivity contribution in [3.63, 3.8) is 0 Å². The summed E-state index contributed by atoms with van der Waals surface area (Å²) in [5.74, 6) is 0.567. The quantitative estimate of drug-likeness (QED) is 0.830. The Hall–Kier alpha value is -0.830. The predicted molar refractivity (Wildman–Crippen MR) is 80.8 cm³/mol. The van der Waals surface area contributed by atoms with Crippen LogP contribution < -0.4 is 5.32 Å². The van der Waals surface area contributed by atoms with Crippen molar-refractivity contribution in [2.75, 3.05) is 13.6 Å². The van der Waals surface area contributed by atoms with Crippen LogP contribution in [0, 0.1) is 0 Å². The Morgan fingerprint density at radius 1 is 1.17 bits per heavy atom. The van der Waals surface area contributed by atoms with Gasteiger partial charge in [0.25, 0.3) is 0 Å². The van der Waals surface area contributed by atoms with Crippen LogP contribution in [0.1, 0.15) is 22.8 Å². The number of nitrogens with one attached hydrogen (secondary N) is 1. The average Bonchev–Trinajstić information content (AvgIpc) is 2.81. The van der Waals surface area contributed by atoms with Gasteiger partial charge in [0.05, 0.1) is 4.34 Å². The van der Waals surface area contributed by atoms with Crippen LogP contribution in [-0.2, 0) is 6.42 Å². The number of aryl methyl sites for hydroxylation is 1. The van der Waals surface area contributed by atoms with E-state index in [0.29, 0.717) is 5.92 Å². The lowest BCUT2D eigenvalue weighted by molar-refractivity contribution is 0.586. The highest BCUT2D eigenvalue weighted by atomic mass is 35.5. The van der Waals surface area contributed by atoms with E-state index in [0.717, 1.165) is 23.7 Å². The van der Waals surface area contributed by atoms with Gasteiger partial charge in [-0.2, -0.15) is 0 Å². The topological polar surface area (TPSA) is 12.0 Å². The Bertz CT molecular complexity index is 466. The average molecular weight is 280 g/mol. The fourth-order valence-electron chi connectivity index (χ4n) is 2.16. The highest BCUT2D eigenvalue weighted by Gasteiger charge is 2.11. The lowest BCUT2D eigenvalue weighted by Crippen LogP contribution is -2.17. The van der Waals surface area contributed by atoms with Gasteiger partial charge in [0.2, 0.25) is 0 Å². The third-order valence-electron chi connectivity index (χ3n) is 3.09. The maximum atomic E-state index is 5.96. The molecule has 1 aromatic carbocycles. The molecule has 3 heteroatoms. The van der Waals surface area contributed by atoms with Gasteiger partial charge in [-0.25, -0.2) is 0 Å². The molecule has 0 spiro atoms. The summed E-state index contributed by atoms with van der Waals surface area (Å²) in [7, 11) is 2.01. The van der Waals surface area contributed by atoms with Crippen LogP contribution in [0.4, 0.5) is 0 Å². The number of rotatable bonds is 6. The SMILES string of the molecule is CNCC(CCc1ccc(Cl)s1)c1ccccc1. The summed E-state index contributed by atoms with van der Waals surface area (Å²) in [5.41, 5.74) is 1.41. The Morgan fingerprint density at radius 3 is 2.56 bits per heavy atom. The third kappa shape index (κ3) is 3.84. The first-order valence-electron chi connectivity index (χ1n) is 6.23. The first-order chi connectivity index (χ1) is 8.79. The molecule has 96 valence electrons. The summed E-state index contributed by atoms with van der Waals surface area (Å²) in [6.07, 6.45) is 2.25. The Morgan fingerprint density at radius 2 is 1.94 bits per heavy atom. The summed E-state index contributed by atoms with van der Waals surface area (Å²) in [5, 5.41) is 3.29. The molecule has 1 heterocycles. The molecule has 1 N–H and O–H groups in total. The fourth-order valence-corrected chi connectivity index (χ4v) is 3.26. The zero-order chi connectivity index (χ0) is 12.8. The lowest BCUT2D eigenvalue weighted by Gasteiger charge is -2.16. The normalized spacial score (nSPS) is 12.6. The van der Waals surface area contributed by atoms with Gasteiger partial charge >= 0.3 is 0 Å². The summed E-state index contributed by atoms with van der Waals surface area (Å²) < 4.78 is 0.884. The number of benzene rings is 1. The summed E-state index contributed by atoms with van der Waals surface area (Å²) in [6.45, 7) is 1.02. The number of hydrogen-bond acceptors (Lipinski definition) is 2. The molecule has 0 fully saturated rings. The van der Waals surface area contributed by atoms with Crippen LogP contribution in [0.3, 0.4) is 0 Å². The van der Waals surface area contributed by atoms with E-state index in [1.807, 2.05) is 13.1 Å². The van der Waals surface area contributed by atoms with E-state index < -0.39 is 0 Å². The first-order valence-corrected chi connectivity index (χ1v) is 7.43. The zero-order valence-electron chi connectivity index (χ0n) is 10.5. The Kier molecular flexibility index (Phi) is 5.24. The molecule has 0 aliphatic rings. The second-order valence-corrected chi connectivity index (χ2v) is 6.21. The number of hydrogen-bond donors (Lipinski definition) is 1. The molecule has 0 saturated heterocycles. The fraction of sp³-hybridized carbons (Fsp3) is 0.333. The van der Waals surface area contributed by atoms with E-state index in [9.17, 15) is 0 Å². The molecule has 0 radical (unpaired) electrons. The highest BCUT2D eigenvalue weighted by molar-refractivity contribution is 7.16. The number of thiophene rings is 1. The van der Waals surface area contributed by atoms with Crippen LogP contribution in [0.25, 0.3) is 0 Å². The Balaban J connectivity index is 1.98. The van der Waals surface area contributed by atoms with E-state index in [1.54, 1.807) is 11.3 Å². The largest absolute Gasteiger partial charge is 0.319 e.